The number of hydrogen-bond acceptors (Lipinski definition) is 6. The van der Waals surface area contributed by atoms with Gasteiger partial charge in [0.05, 0.1) is 23.1 Å². The van der Waals surface area contributed by atoms with E-state index in [0.717, 1.165) is 69.2 Å². The van der Waals surface area contributed by atoms with Crippen LogP contribution in [0.1, 0.15) is 15.2 Å². The summed E-state index contributed by atoms with van der Waals surface area (Å²) in [5.41, 5.74) is 0.658. The van der Waals surface area contributed by atoms with Gasteiger partial charge in [-0.1, -0.05) is 11.6 Å². The minimum absolute atomic E-state index is 0.0647. The Kier molecular flexibility index (Phi) is 5.92. The van der Waals surface area contributed by atoms with Gasteiger partial charge < -0.3 is 14.5 Å². The SMILES string of the molecule is O=C(c1ccc(N2CCOCC2)nc1)N1CCN(Cc2ccc(Cl)s2)CC1. The summed E-state index contributed by atoms with van der Waals surface area (Å²) in [4.78, 5) is 25.0. The Hall–Kier alpha value is -1.67. The highest BCUT2D eigenvalue weighted by Gasteiger charge is 2.23. The molecule has 0 radical (unpaired) electrons. The molecule has 2 aliphatic rings. The standard InChI is InChI=1S/C19H23ClN4O2S/c20-17-3-2-16(27-17)14-22-5-7-24(8-6-22)19(25)15-1-4-18(21-13-15)23-9-11-26-12-10-23/h1-4,13H,5-12,14H2. The number of anilines is 1. The van der Waals surface area contributed by atoms with Gasteiger partial charge in [0.1, 0.15) is 5.82 Å². The van der Waals surface area contributed by atoms with Gasteiger partial charge in [0.15, 0.2) is 0 Å². The largest absolute Gasteiger partial charge is 0.378 e. The van der Waals surface area contributed by atoms with Crippen molar-refractivity contribution in [2.45, 2.75) is 6.54 Å². The zero-order chi connectivity index (χ0) is 18.6. The molecule has 0 atom stereocenters. The van der Waals surface area contributed by atoms with Gasteiger partial charge in [-0.2, -0.15) is 0 Å². The second-order valence-electron chi connectivity index (χ2n) is 6.78. The molecule has 6 nitrogen and oxygen atoms in total. The first kappa shape index (κ1) is 18.7. The molecule has 0 bridgehead atoms. The van der Waals surface area contributed by atoms with Gasteiger partial charge in [0.25, 0.3) is 5.91 Å². The molecule has 27 heavy (non-hydrogen) atoms. The van der Waals surface area contributed by atoms with E-state index in [1.165, 1.54) is 4.88 Å². The zero-order valence-electron chi connectivity index (χ0n) is 15.1. The maximum absolute atomic E-state index is 12.8. The van der Waals surface area contributed by atoms with Crippen molar-refractivity contribution in [1.29, 1.82) is 0 Å². The van der Waals surface area contributed by atoms with Crippen LogP contribution in [0.3, 0.4) is 0 Å². The number of carbonyl (C=O) groups is 1. The van der Waals surface area contributed by atoms with E-state index in [-0.39, 0.29) is 5.91 Å². The molecule has 2 aliphatic heterocycles. The normalized spacial score (nSPS) is 18.7. The predicted octanol–water partition coefficient (Wildman–Crippen LogP) is 2.59. The number of pyridine rings is 1. The fourth-order valence-corrected chi connectivity index (χ4v) is 4.57. The number of nitrogens with zero attached hydrogens (tertiary/aromatic N) is 4. The number of carbonyl (C=O) groups excluding carboxylic acids is 1. The average Bonchev–Trinajstić information content (AvgIpc) is 3.13. The van der Waals surface area contributed by atoms with Crippen molar-refractivity contribution < 1.29 is 9.53 Å². The van der Waals surface area contributed by atoms with Crippen molar-refractivity contribution in [3.8, 4) is 0 Å². The summed E-state index contributed by atoms with van der Waals surface area (Å²) in [6.45, 7) is 7.27. The molecular weight excluding hydrogens is 384 g/mol. The van der Waals surface area contributed by atoms with Gasteiger partial charge >= 0.3 is 0 Å². The van der Waals surface area contributed by atoms with Crippen LogP contribution >= 0.6 is 22.9 Å². The minimum Gasteiger partial charge on any atom is -0.378 e. The van der Waals surface area contributed by atoms with E-state index in [0.29, 0.717) is 5.56 Å². The molecule has 0 saturated carbocycles. The van der Waals surface area contributed by atoms with E-state index in [4.69, 9.17) is 16.3 Å². The number of morpholine rings is 1. The maximum Gasteiger partial charge on any atom is 0.255 e. The molecular formula is C19H23ClN4O2S. The van der Waals surface area contributed by atoms with Crippen molar-refractivity contribution in [3.05, 3.63) is 45.2 Å². The molecule has 2 aromatic rings. The second kappa shape index (κ2) is 8.56. The Labute approximate surface area is 168 Å². The van der Waals surface area contributed by atoms with Gasteiger partial charge in [-0.3, -0.25) is 9.69 Å². The second-order valence-corrected chi connectivity index (χ2v) is 8.58. The van der Waals surface area contributed by atoms with Gasteiger partial charge in [0, 0.05) is 56.9 Å². The van der Waals surface area contributed by atoms with Crippen LogP contribution in [0.2, 0.25) is 4.34 Å². The molecule has 0 unspecified atom stereocenters. The summed E-state index contributed by atoms with van der Waals surface area (Å²) >= 11 is 7.62. The van der Waals surface area contributed by atoms with Crippen molar-refractivity contribution in [1.82, 2.24) is 14.8 Å². The van der Waals surface area contributed by atoms with Crippen LogP contribution in [-0.4, -0.2) is 73.2 Å². The fourth-order valence-electron chi connectivity index (χ4n) is 3.44. The molecule has 144 valence electrons. The topological polar surface area (TPSA) is 48.9 Å². The lowest BCUT2D eigenvalue weighted by atomic mass is 10.2. The highest BCUT2D eigenvalue weighted by molar-refractivity contribution is 7.16. The quantitative estimate of drug-likeness (QED) is 0.781. The van der Waals surface area contributed by atoms with E-state index >= 15 is 0 Å². The molecule has 0 N–H and O–H groups in total. The van der Waals surface area contributed by atoms with E-state index in [9.17, 15) is 4.79 Å². The Morgan fingerprint density at radius 3 is 2.48 bits per heavy atom. The number of piperazine rings is 1. The number of hydrogen-bond donors (Lipinski definition) is 0. The minimum atomic E-state index is 0.0647. The molecule has 2 saturated heterocycles. The number of aromatic nitrogens is 1. The van der Waals surface area contributed by atoms with E-state index < -0.39 is 0 Å². The lowest BCUT2D eigenvalue weighted by Gasteiger charge is -2.34. The van der Waals surface area contributed by atoms with Gasteiger partial charge in [-0.15, -0.1) is 11.3 Å². The third-order valence-electron chi connectivity index (χ3n) is 5.00. The summed E-state index contributed by atoms with van der Waals surface area (Å²) in [7, 11) is 0. The van der Waals surface area contributed by atoms with Gasteiger partial charge in [0.2, 0.25) is 0 Å². The van der Waals surface area contributed by atoms with Crippen molar-refractivity contribution in [2.75, 3.05) is 57.4 Å². The molecule has 4 heterocycles. The van der Waals surface area contributed by atoms with Gasteiger partial charge in [-0.05, 0) is 24.3 Å². The lowest BCUT2D eigenvalue weighted by molar-refractivity contribution is 0.0629. The average molecular weight is 407 g/mol. The smallest absolute Gasteiger partial charge is 0.255 e. The molecule has 8 heteroatoms. The van der Waals surface area contributed by atoms with Crippen LogP contribution in [-0.2, 0) is 11.3 Å². The first-order chi connectivity index (χ1) is 13.2. The van der Waals surface area contributed by atoms with Crippen LogP contribution in [0.5, 0.6) is 0 Å². The summed E-state index contributed by atoms with van der Waals surface area (Å²) in [5.74, 6) is 0.976. The highest BCUT2D eigenvalue weighted by atomic mass is 35.5. The first-order valence-electron chi connectivity index (χ1n) is 9.23. The molecule has 0 aromatic carbocycles. The molecule has 4 rings (SSSR count). The van der Waals surface area contributed by atoms with E-state index in [2.05, 4.69) is 20.9 Å². The predicted molar refractivity (Wildman–Crippen MR) is 108 cm³/mol. The molecule has 2 fully saturated rings. The first-order valence-corrected chi connectivity index (χ1v) is 10.4. The molecule has 1 amide bonds. The summed E-state index contributed by atoms with van der Waals surface area (Å²) in [5, 5.41) is 0. The number of thiophene rings is 1. The maximum atomic E-state index is 12.8. The van der Waals surface area contributed by atoms with Crippen molar-refractivity contribution >= 4 is 34.7 Å². The van der Waals surface area contributed by atoms with Crippen LogP contribution in [0.15, 0.2) is 30.5 Å². The zero-order valence-corrected chi connectivity index (χ0v) is 16.7. The third-order valence-corrected chi connectivity index (χ3v) is 6.21. The molecule has 0 spiro atoms. The number of amides is 1. The van der Waals surface area contributed by atoms with E-state index in [1.807, 2.05) is 23.1 Å². The van der Waals surface area contributed by atoms with Crippen LogP contribution in [0.4, 0.5) is 5.82 Å². The number of ether oxygens (including phenoxy) is 1. The monoisotopic (exact) mass is 406 g/mol. The summed E-state index contributed by atoms with van der Waals surface area (Å²) in [6.07, 6.45) is 1.70. The Morgan fingerprint density at radius 1 is 1.07 bits per heavy atom. The fraction of sp³-hybridized carbons (Fsp3) is 0.474. The van der Waals surface area contributed by atoms with Crippen LogP contribution in [0, 0.1) is 0 Å². The Morgan fingerprint density at radius 2 is 1.85 bits per heavy atom. The van der Waals surface area contributed by atoms with Crippen LogP contribution < -0.4 is 4.90 Å². The van der Waals surface area contributed by atoms with Gasteiger partial charge in [-0.25, -0.2) is 4.98 Å². The Balaban J connectivity index is 1.31. The summed E-state index contributed by atoms with van der Waals surface area (Å²) < 4.78 is 6.20. The third kappa shape index (κ3) is 4.60. The Bertz CT molecular complexity index is 768. The van der Waals surface area contributed by atoms with E-state index in [1.54, 1.807) is 17.5 Å². The molecule has 2 aromatic heterocycles. The van der Waals surface area contributed by atoms with Crippen LogP contribution in [0.25, 0.3) is 0 Å². The van der Waals surface area contributed by atoms with Crippen molar-refractivity contribution in [2.24, 2.45) is 0 Å². The summed E-state index contributed by atoms with van der Waals surface area (Å²) in [6, 6.07) is 7.84. The number of halogens is 1. The van der Waals surface area contributed by atoms with Crippen molar-refractivity contribution in [3.63, 3.8) is 0 Å². The number of rotatable bonds is 4. The molecule has 0 aliphatic carbocycles. The highest BCUT2D eigenvalue weighted by Crippen LogP contribution is 2.23. The lowest BCUT2D eigenvalue weighted by Crippen LogP contribution is -2.48.